The summed E-state index contributed by atoms with van der Waals surface area (Å²) in [5.74, 6) is 0. The molecule has 2 rings (SSSR count). The first kappa shape index (κ1) is 10.0. The Morgan fingerprint density at radius 1 is 1.36 bits per heavy atom. The zero-order valence-electron chi connectivity index (χ0n) is 8.89. The number of rotatable bonds is 1. The molecule has 1 nitrogen and oxygen atoms in total. The molecule has 1 aromatic carbocycles. The van der Waals surface area contributed by atoms with Crippen LogP contribution >= 0.6 is 11.6 Å². The molecule has 0 saturated heterocycles. The van der Waals surface area contributed by atoms with Crippen molar-refractivity contribution >= 4 is 11.6 Å². The molecular formula is C12H16ClN. The van der Waals surface area contributed by atoms with Crippen LogP contribution in [0, 0.1) is 12.3 Å². The zero-order valence-corrected chi connectivity index (χ0v) is 9.65. The molecule has 1 aromatic rings. The van der Waals surface area contributed by atoms with Gasteiger partial charge in [-0.15, -0.1) is 0 Å². The Morgan fingerprint density at radius 2 is 1.93 bits per heavy atom. The number of hydrogen-bond acceptors (Lipinski definition) is 1. The molecule has 1 fully saturated rings. The Morgan fingerprint density at radius 3 is 2.36 bits per heavy atom. The van der Waals surface area contributed by atoms with Gasteiger partial charge in [0.2, 0.25) is 0 Å². The predicted molar refractivity (Wildman–Crippen MR) is 60.5 cm³/mol. The van der Waals surface area contributed by atoms with Gasteiger partial charge >= 0.3 is 0 Å². The lowest BCUT2D eigenvalue weighted by molar-refractivity contribution is 0.508. The van der Waals surface area contributed by atoms with Gasteiger partial charge in [-0.1, -0.05) is 37.6 Å². The first-order valence-corrected chi connectivity index (χ1v) is 5.31. The van der Waals surface area contributed by atoms with Crippen molar-refractivity contribution in [3.05, 3.63) is 34.3 Å². The lowest BCUT2D eigenvalue weighted by Crippen LogP contribution is -2.26. The number of halogens is 1. The van der Waals surface area contributed by atoms with Crippen LogP contribution in [-0.2, 0) is 5.54 Å². The lowest BCUT2D eigenvalue weighted by Gasteiger charge is -2.19. The monoisotopic (exact) mass is 209 g/mol. The van der Waals surface area contributed by atoms with E-state index in [2.05, 4.69) is 26.8 Å². The molecule has 1 unspecified atom stereocenters. The Bertz CT molecular complexity index is 364. The number of nitrogens with two attached hydrogens (primary N) is 1. The van der Waals surface area contributed by atoms with E-state index >= 15 is 0 Å². The molecule has 0 aliphatic heterocycles. The maximum atomic E-state index is 6.36. The number of hydrogen-bond donors (Lipinski definition) is 1. The van der Waals surface area contributed by atoms with Crippen molar-refractivity contribution in [2.75, 3.05) is 0 Å². The third-order valence-corrected chi connectivity index (χ3v) is 3.79. The van der Waals surface area contributed by atoms with Gasteiger partial charge in [0.15, 0.2) is 0 Å². The van der Waals surface area contributed by atoms with Crippen LogP contribution in [0.4, 0.5) is 0 Å². The lowest BCUT2D eigenvalue weighted by atomic mass is 9.93. The minimum absolute atomic E-state index is 0.183. The summed E-state index contributed by atoms with van der Waals surface area (Å²) in [6.07, 6.45) is 1.02. The van der Waals surface area contributed by atoms with Gasteiger partial charge in [-0.25, -0.2) is 0 Å². The van der Waals surface area contributed by atoms with Gasteiger partial charge in [0.05, 0.1) is 0 Å². The highest BCUT2D eigenvalue weighted by Gasteiger charge is 2.60. The third kappa shape index (κ3) is 1.19. The van der Waals surface area contributed by atoms with Crippen molar-refractivity contribution in [3.8, 4) is 0 Å². The largest absolute Gasteiger partial charge is 0.321 e. The van der Waals surface area contributed by atoms with Crippen LogP contribution in [0.2, 0.25) is 5.02 Å². The van der Waals surface area contributed by atoms with Crippen LogP contribution in [0.3, 0.4) is 0 Å². The Balaban J connectivity index is 2.54. The number of aryl methyl sites for hydroxylation is 1. The van der Waals surface area contributed by atoms with E-state index in [1.165, 1.54) is 5.56 Å². The summed E-state index contributed by atoms with van der Waals surface area (Å²) in [6.45, 7) is 6.45. The van der Waals surface area contributed by atoms with Crippen LogP contribution in [0.25, 0.3) is 0 Å². The standard InChI is InChI=1S/C12H16ClN/c1-8-5-4-6-9(13)10(8)12(14)7-11(12,2)3/h4-6H,7,14H2,1-3H3. The summed E-state index contributed by atoms with van der Waals surface area (Å²) in [4.78, 5) is 0. The SMILES string of the molecule is Cc1cccc(Cl)c1C1(N)CC1(C)C. The molecule has 0 radical (unpaired) electrons. The average Bonchev–Trinajstić information content (AvgIpc) is 2.50. The fourth-order valence-electron chi connectivity index (χ4n) is 2.28. The van der Waals surface area contributed by atoms with Gasteiger partial charge < -0.3 is 5.73 Å². The summed E-state index contributed by atoms with van der Waals surface area (Å²) in [6, 6.07) is 5.97. The summed E-state index contributed by atoms with van der Waals surface area (Å²) in [5.41, 5.74) is 8.66. The van der Waals surface area contributed by atoms with E-state index in [-0.39, 0.29) is 11.0 Å². The highest BCUT2D eigenvalue weighted by atomic mass is 35.5. The van der Waals surface area contributed by atoms with Crippen LogP contribution in [0.5, 0.6) is 0 Å². The smallest absolute Gasteiger partial charge is 0.0485 e. The summed E-state index contributed by atoms with van der Waals surface area (Å²) < 4.78 is 0. The van der Waals surface area contributed by atoms with E-state index < -0.39 is 0 Å². The van der Waals surface area contributed by atoms with Crippen molar-refractivity contribution in [2.24, 2.45) is 11.1 Å². The van der Waals surface area contributed by atoms with Gasteiger partial charge in [0, 0.05) is 10.6 Å². The maximum Gasteiger partial charge on any atom is 0.0485 e. The summed E-state index contributed by atoms with van der Waals surface area (Å²) in [7, 11) is 0. The molecule has 1 atom stereocenters. The Hall–Kier alpha value is -0.530. The highest BCUT2D eigenvalue weighted by Crippen LogP contribution is 2.62. The molecule has 0 heterocycles. The van der Waals surface area contributed by atoms with E-state index in [9.17, 15) is 0 Å². The fraction of sp³-hybridized carbons (Fsp3) is 0.500. The molecule has 1 aliphatic rings. The molecule has 1 saturated carbocycles. The zero-order chi connectivity index (χ0) is 10.6. The fourth-order valence-corrected chi connectivity index (χ4v) is 2.67. The van der Waals surface area contributed by atoms with Gasteiger partial charge in [0.1, 0.15) is 0 Å². The third-order valence-electron chi connectivity index (χ3n) is 3.47. The van der Waals surface area contributed by atoms with E-state index in [1.54, 1.807) is 0 Å². The van der Waals surface area contributed by atoms with Gasteiger partial charge in [-0.05, 0) is 36.0 Å². The molecule has 2 heteroatoms. The second kappa shape index (κ2) is 2.74. The van der Waals surface area contributed by atoms with E-state index in [0.29, 0.717) is 0 Å². The van der Waals surface area contributed by atoms with Crippen molar-refractivity contribution in [3.63, 3.8) is 0 Å². The van der Waals surface area contributed by atoms with Crippen molar-refractivity contribution < 1.29 is 0 Å². The Labute approximate surface area is 90.3 Å². The normalized spacial score (nSPS) is 28.9. The maximum absolute atomic E-state index is 6.36. The molecular weight excluding hydrogens is 194 g/mol. The van der Waals surface area contributed by atoms with E-state index in [1.807, 2.05) is 12.1 Å². The van der Waals surface area contributed by atoms with Crippen LogP contribution < -0.4 is 5.73 Å². The first-order valence-electron chi connectivity index (χ1n) is 4.93. The van der Waals surface area contributed by atoms with Crippen molar-refractivity contribution in [1.29, 1.82) is 0 Å². The summed E-state index contributed by atoms with van der Waals surface area (Å²) >= 11 is 6.20. The molecule has 2 N–H and O–H groups in total. The molecule has 0 aromatic heterocycles. The number of benzene rings is 1. The quantitative estimate of drug-likeness (QED) is 0.755. The highest BCUT2D eigenvalue weighted by molar-refractivity contribution is 6.31. The van der Waals surface area contributed by atoms with E-state index in [0.717, 1.165) is 17.0 Å². The molecule has 0 bridgehead atoms. The summed E-state index contributed by atoms with van der Waals surface area (Å²) in [5, 5.41) is 0.804. The Kier molecular flexibility index (Phi) is 1.96. The van der Waals surface area contributed by atoms with Crippen molar-refractivity contribution in [1.82, 2.24) is 0 Å². The molecule has 1 aliphatic carbocycles. The van der Waals surface area contributed by atoms with Crippen LogP contribution in [-0.4, -0.2) is 0 Å². The van der Waals surface area contributed by atoms with Gasteiger partial charge in [-0.2, -0.15) is 0 Å². The molecule has 14 heavy (non-hydrogen) atoms. The molecule has 0 amide bonds. The second-order valence-electron chi connectivity index (χ2n) is 4.96. The van der Waals surface area contributed by atoms with Gasteiger partial charge in [0.25, 0.3) is 0 Å². The van der Waals surface area contributed by atoms with E-state index in [4.69, 9.17) is 17.3 Å². The molecule has 0 spiro atoms. The van der Waals surface area contributed by atoms with Crippen LogP contribution in [0.15, 0.2) is 18.2 Å². The second-order valence-corrected chi connectivity index (χ2v) is 5.37. The predicted octanol–water partition coefficient (Wildman–Crippen LogP) is 3.23. The minimum atomic E-state index is -0.213. The topological polar surface area (TPSA) is 26.0 Å². The van der Waals surface area contributed by atoms with Crippen LogP contribution in [0.1, 0.15) is 31.4 Å². The van der Waals surface area contributed by atoms with Crippen molar-refractivity contribution in [2.45, 2.75) is 32.7 Å². The minimum Gasteiger partial charge on any atom is -0.321 e. The molecule has 76 valence electrons. The average molecular weight is 210 g/mol. The first-order chi connectivity index (χ1) is 6.38. The van der Waals surface area contributed by atoms with Gasteiger partial charge in [-0.3, -0.25) is 0 Å².